The maximum Gasteiger partial charge on any atom is 0.361 e. The van der Waals surface area contributed by atoms with Crippen molar-refractivity contribution >= 4 is 17.0 Å². The fourth-order valence-corrected chi connectivity index (χ4v) is 2.09. The van der Waals surface area contributed by atoms with E-state index in [0.717, 1.165) is 9.36 Å². The van der Waals surface area contributed by atoms with E-state index < -0.39 is 30.6 Å². The van der Waals surface area contributed by atoms with Gasteiger partial charge in [-0.15, -0.1) is 5.10 Å². The van der Waals surface area contributed by atoms with Crippen molar-refractivity contribution in [3.8, 4) is 0 Å². The Hall–Kier alpha value is -2.37. The van der Waals surface area contributed by atoms with Crippen LogP contribution in [0.15, 0.2) is 4.79 Å². The zero-order valence-corrected chi connectivity index (χ0v) is 11.5. The normalized spacial score (nSPS) is 20.3. The highest BCUT2D eigenvalue weighted by molar-refractivity contribution is 5.99. The molecule has 11 heteroatoms. The van der Waals surface area contributed by atoms with Gasteiger partial charge in [0.2, 0.25) is 0 Å². The first-order chi connectivity index (χ1) is 10.6. The molecular formula is C11H13N5O6. The van der Waals surface area contributed by atoms with Crippen LogP contribution >= 0.6 is 0 Å². The molecule has 1 saturated heterocycles. The van der Waals surface area contributed by atoms with Gasteiger partial charge in [-0.2, -0.15) is 9.78 Å². The fraction of sp³-hybridized carbons (Fsp3) is 0.545. The van der Waals surface area contributed by atoms with Crippen LogP contribution in [0.3, 0.4) is 0 Å². The summed E-state index contributed by atoms with van der Waals surface area (Å²) in [4.78, 5) is 24.2. The van der Waals surface area contributed by atoms with Gasteiger partial charge in [0.25, 0.3) is 5.56 Å². The summed E-state index contributed by atoms with van der Waals surface area (Å²) < 4.78 is 11.8. The van der Waals surface area contributed by atoms with Crippen molar-refractivity contribution in [1.29, 1.82) is 0 Å². The van der Waals surface area contributed by atoms with Crippen LogP contribution in [0, 0.1) is 0 Å². The number of rotatable bonds is 5. The summed E-state index contributed by atoms with van der Waals surface area (Å²) in [5.41, 5.74) is -0.983. The number of ether oxygens (including phenoxy) is 2. The third kappa shape index (κ3) is 2.15. The first-order valence-corrected chi connectivity index (χ1v) is 6.52. The maximum absolute atomic E-state index is 12.4. The molecule has 0 saturated carbocycles. The summed E-state index contributed by atoms with van der Waals surface area (Å²) >= 11 is 0. The minimum Gasteiger partial charge on any atom is -0.461 e. The monoisotopic (exact) mass is 311 g/mol. The van der Waals surface area contributed by atoms with E-state index in [2.05, 4.69) is 15.4 Å². The average molecular weight is 311 g/mol. The van der Waals surface area contributed by atoms with Crippen LogP contribution < -0.4 is 5.56 Å². The number of carbonyl (C=O) groups is 1. The van der Waals surface area contributed by atoms with E-state index in [1.165, 1.54) is 0 Å². The lowest BCUT2D eigenvalue weighted by Crippen LogP contribution is -2.26. The minimum absolute atomic E-state index is 0.0602. The minimum atomic E-state index is -0.762. The Labute approximate surface area is 122 Å². The number of aromatic nitrogens is 5. The van der Waals surface area contributed by atoms with Gasteiger partial charge in [0.05, 0.1) is 13.2 Å². The fourth-order valence-electron chi connectivity index (χ4n) is 2.09. The Morgan fingerprint density at radius 2 is 2.23 bits per heavy atom. The highest BCUT2D eigenvalue weighted by Crippen LogP contribution is 2.31. The molecule has 2 unspecified atom stereocenters. The number of aliphatic hydroxyl groups excluding tert-OH is 2. The Bertz CT molecular complexity index is 783. The molecule has 0 spiro atoms. The Kier molecular flexibility index (Phi) is 3.60. The highest BCUT2D eigenvalue weighted by Gasteiger charge is 2.42. The molecule has 3 rings (SSSR count). The van der Waals surface area contributed by atoms with Gasteiger partial charge in [0, 0.05) is 0 Å². The summed E-state index contributed by atoms with van der Waals surface area (Å²) in [5.74, 6) is -0.762. The topological polar surface area (TPSA) is 145 Å². The van der Waals surface area contributed by atoms with Crippen molar-refractivity contribution < 1.29 is 24.5 Å². The summed E-state index contributed by atoms with van der Waals surface area (Å²) in [5, 5.41) is 29.6. The molecular weight excluding hydrogens is 298 g/mol. The van der Waals surface area contributed by atoms with Crippen molar-refractivity contribution in [1.82, 2.24) is 24.8 Å². The first kappa shape index (κ1) is 14.6. The van der Waals surface area contributed by atoms with Crippen LogP contribution in [-0.4, -0.2) is 60.3 Å². The van der Waals surface area contributed by atoms with E-state index in [1.807, 2.05) is 0 Å². The average Bonchev–Trinajstić information content (AvgIpc) is 3.19. The predicted molar refractivity (Wildman–Crippen MR) is 68.8 cm³/mol. The van der Waals surface area contributed by atoms with Gasteiger partial charge in [-0.3, -0.25) is 4.79 Å². The molecule has 0 aliphatic carbocycles. The lowest BCUT2D eigenvalue weighted by atomic mass is 10.3. The van der Waals surface area contributed by atoms with Crippen molar-refractivity contribution in [2.45, 2.75) is 26.0 Å². The molecule has 2 N–H and O–H groups in total. The standard InChI is InChI=1S/C11H13N5O6/c1-2-21-11(20)7-6-8(15(4-18)13-7)9(19)16(14-12-6)10-5(3-17)22-10/h5,10,17-18H,2-4H2,1H3. The molecule has 0 bridgehead atoms. The van der Waals surface area contributed by atoms with E-state index in [4.69, 9.17) is 14.6 Å². The number of aliphatic hydroxyl groups is 2. The maximum atomic E-state index is 12.4. The van der Waals surface area contributed by atoms with Gasteiger partial charge < -0.3 is 19.7 Å². The highest BCUT2D eigenvalue weighted by atomic mass is 16.6. The van der Waals surface area contributed by atoms with Crippen molar-refractivity contribution in [3.63, 3.8) is 0 Å². The van der Waals surface area contributed by atoms with E-state index in [-0.39, 0.29) is 29.9 Å². The third-order valence-electron chi connectivity index (χ3n) is 3.16. The van der Waals surface area contributed by atoms with Gasteiger partial charge in [0.15, 0.2) is 23.0 Å². The van der Waals surface area contributed by atoms with E-state index in [9.17, 15) is 14.7 Å². The number of fused-ring (bicyclic) bond motifs is 1. The Balaban J connectivity index is 2.14. The van der Waals surface area contributed by atoms with E-state index in [0.29, 0.717) is 0 Å². The quantitative estimate of drug-likeness (QED) is 0.473. The zero-order chi connectivity index (χ0) is 15.9. The summed E-state index contributed by atoms with van der Waals surface area (Å²) in [6.07, 6.45) is -1.25. The van der Waals surface area contributed by atoms with E-state index in [1.54, 1.807) is 6.92 Å². The Morgan fingerprint density at radius 1 is 1.45 bits per heavy atom. The number of epoxide rings is 1. The second-order valence-electron chi connectivity index (χ2n) is 4.49. The predicted octanol–water partition coefficient (Wildman–Crippen LogP) is -2.00. The zero-order valence-electron chi connectivity index (χ0n) is 11.5. The molecule has 2 atom stereocenters. The van der Waals surface area contributed by atoms with E-state index >= 15 is 0 Å². The molecule has 3 heterocycles. The molecule has 0 aromatic carbocycles. The lowest BCUT2D eigenvalue weighted by Gasteiger charge is -2.00. The molecule has 1 aliphatic heterocycles. The summed E-state index contributed by atoms with van der Waals surface area (Å²) in [6.45, 7) is 0.877. The van der Waals surface area contributed by atoms with Crippen LogP contribution in [0.5, 0.6) is 0 Å². The second-order valence-corrected chi connectivity index (χ2v) is 4.49. The summed E-state index contributed by atoms with van der Waals surface area (Å²) in [7, 11) is 0. The van der Waals surface area contributed by atoms with Crippen molar-refractivity contribution in [3.05, 3.63) is 16.0 Å². The number of carbonyl (C=O) groups excluding carboxylic acids is 1. The number of hydrogen-bond acceptors (Lipinski definition) is 9. The molecule has 118 valence electrons. The molecule has 1 fully saturated rings. The lowest BCUT2D eigenvalue weighted by molar-refractivity contribution is 0.0519. The molecule has 2 aromatic rings. The molecule has 1 aliphatic rings. The molecule has 11 nitrogen and oxygen atoms in total. The first-order valence-electron chi connectivity index (χ1n) is 6.52. The van der Waals surface area contributed by atoms with Gasteiger partial charge in [0.1, 0.15) is 12.8 Å². The molecule has 2 aromatic heterocycles. The number of nitrogens with zero attached hydrogens (tertiary/aromatic N) is 5. The SMILES string of the molecule is CCOC(=O)c1nn(CO)c2c(=O)n(C3OC3CO)nnc12. The van der Waals surface area contributed by atoms with Crippen LogP contribution in [0.4, 0.5) is 0 Å². The second kappa shape index (κ2) is 5.44. The van der Waals surface area contributed by atoms with Crippen LogP contribution in [0.25, 0.3) is 11.0 Å². The van der Waals surface area contributed by atoms with Crippen molar-refractivity contribution in [2.24, 2.45) is 0 Å². The van der Waals surface area contributed by atoms with Gasteiger partial charge in [-0.05, 0) is 6.92 Å². The largest absolute Gasteiger partial charge is 0.461 e. The number of hydrogen-bond donors (Lipinski definition) is 2. The van der Waals surface area contributed by atoms with Crippen molar-refractivity contribution in [2.75, 3.05) is 13.2 Å². The van der Waals surface area contributed by atoms with Gasteiger partial charge in [-0.25, -0.2) is 9.48 Å². The summed E-state index contributed by atoms with van der Waals surface area (Å²) in [6, 6.07) is 0. The van der Waals surface area contributed by atoms with Crippen LogP contribution in [0.2, 0.25) is 0 Å². The third-order valence-corrected chi connectivity index (χ3v) is 3.16. The van der Waals surface area contributed by atoms with Gasteiger partial charge in [-0.1, -0.05) is 5.21 Å². The molecule has 0 radical (unpaired) electrons. The molecule has 22 heavy (non-hydrogen) atoms. The Morgan fingerprint density at radius 3 is 2.82 bits per heavy atom. The van der Waals surface area contributed by atoms with Crippen LogP contribution in [-0.2, 0) is 16.2 Å². The molecule has 0 amide bonds. The van der Waals surface area contributed by atoms with Crippen LogP contribution in [0.1, 0.15) is 23.6 Å². The smallest absolute Gasteiger partial charge is 0.361 e. The van der Waals surface area contributed by atoms with Gasteiger partial charge >= 0.3 is 5.97 Å². The number of esters is 1.